The van der Waals surface area contributed by atoms with Gasteiger partial charge in [-0.05, 0) is 35.4 Å². The third-order valence-electron chi connectivity index (χ3n) is 2.68. The van der Waals surface area contributed by atoms with Crippen molar-refractivity contribution < 1.29 is 0 Å². The first-order chi connectivity index (χ1) is 7.31. The van der Waals surface area contributed by atoms with Crippen LogP contribution in [0.1, 0.15) is 18.0 Å². The number of hydrogen-bond donors (Lipinski definition) is 2. The lowest BCUT2D eigenvalue weighted by atomic mass is 10.0. The van der Waals surface area contributed by atoms with E-state index in [1.165, 1.54) is 16.3 Å². The van der Waals surface area contributed by atoms with Crippen molar-refractivity contribution in [2.24, 2.45) is 11.5 Å². The second-order valence-electron chi connectivity index (χ2n) is 3.79. The van der Waals surface area contributed by atoms with Crippen molar-refractivity contribution >= 4 is 23.2 Å². The van der Waals surface area contributed by atoms with Crippen LogP contribution in [0, 0.1) is 0 Å². The highest BCUT2D eigenvalue weighted by Gasteiger charge is 2.04. The fourth-order valence-corrected chi connectivity index (χ4v) is 1.78. The molecule has 16 heavy (non-hydrogen) atoms. The zero-order valence-corrected chi connectivity index (χ0v) is 9.91. The van der Waals surface area contributed by atoms with E-state index in [1.54, 1.807) is 0 Å². The van der Waals surface area contributed by atoms with Crippen LogP contribution in [0.4, 0.5) is 0 Å². The van der Waals surface area contributed by atoms with E-state index in [4.69, 9.17) is 11.5 Å². The SMILES string of the molecule is Cl.NCC[C@H](N)c1ccc2ccccc2c1. The molecule has 2 aromatic rings. The number of benzene rings is 2. The predicted octanol–water partition coefficient (Wildman–Crippen LogP) is 2.61. The molecule has 0 unspecified atom stereocenters. The zero-order valence-electron chi connectivity index (χ0n) is 9.10. The van der Waals surface area contributed by atoms with Crippen molar-refractivity contribution in [1.82, 2.24) is 0 Å². The maximum absolute atomic E-state index is 6.02. The molecule has 4 N–H and O–H groups in total. The summed E-state index contributed by atoms with van der Waals surface area (Å²) in [5.74, 6) is 0. The highest BCUT2D eigenvalue weighted by molar-refractivity contribution is 5.85. The van der Waals surface area contributed by atoms with Gasteiger partial charge in [0.05, 0.1) is 0 Å². The lowest BCUT2D eigenvalue weighted by molar-refractivity contribution is 0.662. The molecule has 3 heteroatoms. The van der Waals surface area contributed by atoms with E-state index in [0.29, 0.717) is 6.54 Å². The Hall–Kier alpha value is -1.09. The van der Waals surface area contributed by atoms with Gasteiger partial charge < -0.3 is 11.5 Å². The third kappa shape index (κ3) is 2.73. The molecule has 0 amide bonds. The van der Waals surface area contributed by atoms with E-state index in [0.717, 1.165) is 6.42 Å². The van der Waals surface area contributed by atoms with Crippen LogP contribution in [-0.2, 0) is 0 Å². The molecule has 0 aliphatic rings. The third-order valence-corrected chi connectivity index (χ3v) is 2.68. The summed E-state index contributed by atoms with van der Waals surface area (Å²) >= 11 is 0. The van der Waals surface area contributed by atoms with Gasteiger partial charge in [-0.2, -0.15) is 0 Å². The molecule has 0 saturated heterocycles. The molecule has 1 atom stereocenters. The van der Waals surface area contributed by atoms with E-state index in [1.807, 2.05) is 12.1 Å². The zero-order chi connectivity index (χ0) is 10.7. The van der Waals surface area contributed by atoms with Gasteiger partial charge in [-0.15, -0.1) is 12.4 Å². The summed E-state index contributed by atoms with van der Waals surface area (Å²) in [6, 6.07) is 14.7. The molecule has 0 fully saturated rings. The average Bonchev–Trinajstić information content (AvgIpc) is 2.29. The lowest BCUT2D eigenvalue weighted by Crippen LogP contribution is -2.15. The van der Waals surface area contributed by atoms with Crippen molar-refractivity contribution in [2.45, 2.75) is 12.5 Å². The monoisotopic (exact) mass is 236 g/mol. The van der Waals surface area contributed by atoms with Gasteiger partial charge >= 0.3 is 0 Å². The first-order valence-corrected chi connectivity index (χ1v) is 5.25. The molecule has 0 bridgehead atoms. The molecule has 0 spiro atoms. The van der Waals surface area contributed by atoms with Crippen LogP contribution in [0.25, 0.3) is 10.8 Å². The fraction of sp³-hybridized carbons (Fsp3) is 0.231. The van der Waals surface area contributed by atoms with E-state index >= 15 is 0 Å². The summed E-state index contributed by atoms with van der Waals surface area (Å²) in [5.41, 5.74) is 12.7. The largest absolute Gasteiger partial charge is 0.330 e. The van der Waals surface area contributed by atoms with Crippen LogP contribution in [0.2, 0.25) is 0 Å². The van der Waals surface area contributed by atoms with Crippen molar-refractivity contribution in [1.29, 1.82) is 0 Å². The number of nitrogens with two attached hydrogens (primary N) is 2. The molecular formula is C13H17ClN2. The van der Waals surface area contributed by atoms with E-state index in [2.05, 4.69) is 30.3 Å². The summed E-state index contributed by atoms with van der Waals surface area (Å²) in [6.07, 6.45) is 0.832. The fourth-order valence-electron chi connectivity index (χ4n) is 1.78. The molecule has 86 valence electrons. The molecule has 0 aliphatic heterocycles. The van der Waals surface area contributed by atoms with Gasteiger partial charge in [0.1, 0.15) is 0 Å². The molecule has 2 nitrogen and oxygen atoms in total. The molecule has 2 rings (SSSR count). The van der Waals surface area contributed by atoms with Gasteiger partial charge in [0.25, 0.3) is 0 Å². The molecule has 2 aromatic carbocycles. The Morgan fingerprint density at radius 3 is 2.38 bits per heavy atom. The first-order valence-electron chi connectivity index (χ1n) is 5.25. The van der Waals surface area contributed by atoms with Crippen molar-refractivity contribution in [2.75, 3.05) is 6.54 Å². The number of fused-ring (bicyclic) bond motifs is 1. The predicted molar refractivity (Wildman–Crippen MR) is 71.8 cm³/mol. The van der Waals surface area contributed by atoms with Crippen LogP contribution in [0.3, 0.4) is 0 Å². The molecule has 0 radical (unpaired) electrons. The van der Waals surface area contributed by atoms with Gasteiger partial charge in [-0.3, -0.25) is 0 Å². The number of hydrogen-bond acceptors (Lipinski definition) is 2. The highest BCUT2D eigenvalue weighted by atomic mass is 35.5. The van der Waals surface area contributed by atoms with Crippen molar-refractivity contribution in [3.05, 3.63) is 48.0 Å². The van der Waals surface area contributed by atoms with Gasteiger partial charge in [0, 0.05) is 6.04 Å². The second-order valence-corrected chi connectivity index (χ2v) is 3.79. The van der Waals surface area contributed by atoms with E-state index < -0.39 is 0 Å². The molecular weight excluding hydrogens is 220 g/mol. The van der Waals surface area contributed by atoms with Crippen LogP contribution in [0.15, 0.2) is 42.5 Å². The molecule has 0 heterocycles. The summed E-state index contributed by atoms with van der Waals surface area (Å²) in [6.45, 7) is 0.633. The minimum absolute atomic E-state index is 0. The lowest BCUT2D eigenvalue weighted by Gasteiger charge is -2.11. The van der Waals surface area contributed by atoms with Gasteiger partial charge in [0.15, 0.2) is 0 Å². The normalized spacial score (nSPS) is 12.1. The Morgan fingerprint density at radius 1 is 1.00 bits per heavy atom. The van der Waals surface area contributed by atoms with Crippen LogP contribution in [0.5, 0.6) is 0 Å². The quantitative estimate of drug-likeness (QED) is 0.861. The maximum Gasteiger partial charge on any atom is 0.0307 e. The summed E-state index contributed by atoms with van der Waals surface area (Å²) in [5, 5.41) is 2.49. The Morgan fingerprint density at radius 2 is 1.69 bits per heavy atom. The maximum atomic E-state index is 6.02. The molecule has 0 aromatic heterocycles. The summed E-state index contributed by atoms with van der Waals surface area (Å²) in [4.78, 5) is 0. The smallest absolute Gasteiger partial charge is 0.0307 e. The Labute approximate surface area is 102 Å². The van der Waals surface area contributed by atoms with Gasteiger partial charge in [0.2, 0.25) is 0 Å². The second kappa shape index (κ2) is 5.85. The number of halogens is 1. The summed E-state index contributed by atoms with van der Waals surface area (Å²) < 4.78 is 0. The van der Waals surface area contributed by atoms with Crippen molar-refractivity contribution in [3.63, 3.8) is 0 Å². The van der Waals surface area contributed by atoms with Crippen LogP contribution >= 0.6 is 12.4 Å². The number of rotatable bonds is 3. The molecule has 0 saturated carbocycles. The summed E-state index contributed by atoms with van der Waals surface area (Å²) in [7, 11) is 0. The van der Waals surface area contributed by atoms with E-state index in [-0.39, 0.29) is 18.4 Å². The van der Waals surface area contributed by atoms with Crippen molar-refractivity contribution in [3.8, 4) is 0 Å². The first kappa shape index (κ1) is 13.0. The van der Waals surface area contributed by atoms with Crippen LogP contribution in [-0.4, -0.2) is 6.54 Å². The standard InChI is InChI=1S/C13H16N2.ClH/c14-8-7-13(15)12-6-5-10-3-1-2-4-11(10)9-12;/h1-6,9,13H,7-8,14-15H2;1H/t13-;/m0./s1. The van der Waals surface area contributed by atoms with Crippen LogP contribution < -0.4 is 11.5 Å². The Balaban J connectivity index is 0.00000128. The Kier molecular flexibility index (Phi) is 4.74. The minimum Gasteiger partial charge on any atom is -0.330 e. The Bertz CT molecular complexity index is 456. The average molecular weight is 237 g/mol. The topological polar surface area (TPSA) is 52.0 Å². The van der Waals surface area contributed by atoms with Gasteiger partial charge in [-0.1, -0.05) is 36.4 Å². The van der Waals surface area contributed by atoms with E-state index in [9.17, 15) is 0 Å². The van der Waals surface area contributed by atoms with Gasteiger partial charge in [-0.25, -0.2) is 0 Å². The molecule has 0 aliphatic carbocycles. The minimum atomic E-state index is 0. The highest BCUT2D eigenvalue weighted by Crippen LogP contribution is 2.20.